The predicted octanol–water partition coefficient (Wildman–Crippen LogP) is 6.08. The van der Waals surface area contributed by atoms with Gasteiger partial charge in [-0.1, -0.05) is 6.07 Å². The van der Waals surface area contributed by atoms with E-state index in [2.05, 4.69) is 10.3 Å². The van der Waals surface area contributed by atoms with Crippen molar-refractivity contribution in [2.75, 3.05) is 19.0 Å². The van der Waals surface area contributed by atoms with Crippen molar-refractivity contribution in [3.8, 4) is 17.0 Å². The zero-order valence-corrected chi connectivity index (χ0v) is 19.8. The summed E-state index contributed by atoms with van der Waals surface area (Å²) in [7, 11) is 1.59. The monoisotopic (exact) mass is 490 g/mol. The molecule has 1 N–H and O–H groups in total. The number of thiazole rings is 1. The number of nitrogens with one attached hydrogen (secondary N) is 1. The fourth-order valence-electron chi connectivity index (χ4n) is 3.76. The third kappa shape index (κ3) is 5.20. The second-order valence-corrected chi connectivity index (χ2v) is 8.76. The van der Waals surface area contributed by atoms with Crippen molar-refractivity contribution in [1.29, 1.82) is 0 Å². The number of carbonyl (C=O) groups excluding carboxylic acids is 1. The number of carbonyl (C=O) groups is 1. The molecule has 0 aliphatic heterocycles. The largest absolute Gasteiger partial charge is 0.497 e. The highest BCUT2D eigenvalue weighted by molar-refractivity contribution is 7.15. The SMILES string of the molecule is COc1cccc(NC(=O)N(CCc2csc3nc(-c4ccc(F)cc4)cn23)Cc2ccco2)c1. The van der Waals surface area contributed by atoms with Crippen LogP contribution in [0, 0.1) is 5.82 Å². The van der Waals surface area contributed by atoms with Gasteiger partial charge in [-0.05, 0) is 48.5 Å². The minimum absolute atomic E-state index is 0.237. The summed E-state index contributed by atoms with van der Waals surface area (Å²) in [5.74, 6) is 1.08. The molecule has 35 heavy (non-hydrogen) atoms. The maximum atomic E-state index is 13.3. The van der Waals surface area contributed by atoms with E-state index in [-0.39, 0.29) is 11.8 Å². The zero-order chi connectivity index (χ0) is 24.2. The van der Waals surface area contributed by atoms with Crippen molar-refractivity contribution in [3.05, 3.63) is 95.8 Å². The minimum Gasteiger partial charge on any atom is -0.497 e. The van der Waals surface area contributed by atoms with Gasteiger partial charge in [0.1, 0.15) is 17.3 Å². The van der Waals surface area contributed by atoms with Gasteiger partial charge < -0.3 is 19.4 Å². The fourth-order valence-corrected chi connectivity index (χ4v) is 4.67. The van der Waals surface area contributed by atoms with E-state index in [1.807, 2.05) is 40.2 Å². The van der Waals surface area contributed by atoms with E-state index in [1.165, 1.54) is 23.5 Å². The Balaban J connectivity index is 1.33. The Morgan fingerprint density at radius 3 is 2.83 bits per heavy atom. The summed E-state index contributed by atoms with van der Waals surface area (Å²) in [6.45, 7) is 0.799. The summed E-state index contributed by atoms with van der Waals surface area (Å²) in [6, 6.07) is 16.9. The molecule has 7 nitrogen and oxygen atoms in total. The van der Waals surface area contributed by atoms with Gasteiger partial charge in [-0.25, -0.2) is 14.2 Å². The van der Waals surface area contributed by atoms with Crippen molar-refractivity contribution in [2.45, 2.75) is 13.0 Å². The topological polar surface area (TPSA) is 72.0 Å². The molecule has 0 bridgehead atoms. The van der Waals surface area contributed by atoms with Crippen LogP contribution in [0.4, 0.5) is 14.9 Å². The standard InChI is InChI=1S/C26H23FN4O3S/c1-33-22-5-2-4-20(14-22)28-25(32)30(15-23-6-3-13-34-23)12-11-21-17-35-26-29-24(16-31(21)26)18-7-9-19(27)10-8-18/h2-10,13-14,16-17H,11-12,15H2,1H3,(H,28,32). The van der Waals surface area contributed by atoms with Crippen molar-refractivity contribution in [2.24, 2.45) is 0 Å². The highest BCUT2D eigenvalue weighted by Gasteiger charge is 2.18. The molecular formula is C26H23FN4O3S. The van der Waals surface area contributed by atoms with Gasteiger partial charge in [-0.3, -0.25) is 4.40 Å². The van der Waals surface area contributed by atoms with Crippen molar-refractivity contribution >= 4 is 28.0 Å². The van der Waals surface area contributed by atoms with Crippen LogP contribution in [0.5, 0.6) is 5.75 Å². The number of fused-ring (bicyclic) bond motifs is 1. The van der Waals surface area contributed by atoms with Gasteiger partial charge in [0.05, 0.1) is 25.6 Å². The molecule has 9 heteroatoms. The number of anilines is 1. The van der Waals surface area contributed by atoms with Crippen molar-refractivity contribution in [1.82, 2.24) is 14.3 Å². The first kappa shape index (κ1) is 22.7. The van der Waals surface area contributed by atoms with Gasteiger partial charge in [0.2, 0.25) is 0 Å². The van der Waals surface area contributed by atoms with Crippen LogP contribution in [0.2, 0.25) is 0 Å². The highest BCUT2D eigenvalue weighted by Crippen LogP contribution is 2.25. The second kappa shape index (κ2) is 10.0. The lowest BCUT2D eigenvalue weighted by Gasteiger charge is -2.22. The fraction of sp³-hybridized carbons (Fsp3) is 0.154. The molecule has 0 saturated heterocycles. The molecule has 0 radical (unpaired) electrons. The van der Waals surface area contributed by atoms with E-state index < -0.39 is 0 Å². The van der Waals surface area contributed by atoms with E-state index in [4.69, 9.17) is 9.15 Å². The first-order chi connectivity index (χ1) is 17.1. The number of benzene rings is 2. The average molecular weight is 491 g/mol. The van der Waals surface area contributed by atoms with Crippen LogP contribution in [0.1, 0.15) is 11.5 Å². The van der Waals surface area contributed by atoms with Crippen LogP contribution in [-0.2, 0) is 13.0 Å². The molecule has 5 rings (SSSR count). The number of methoxy groups -OCH3 is 1. The number of urea groups is 1. The van der Waals surface area contributed by atoms with Gasteiger partial charge in [0.25, 0.3) is 0 Å². The van der Waals surface area contributed by atoms with E-state index >= 15 is 0 Å². The average Bonchev–Trinajstić information content (AvgIpc) is 3.61. The number of hydrogen-bond donors (Lipinski definition) is 1. The molecular weight excluding hydrogens is 467 g/mol. The van der Waals surface area contributed by atoms with Crippen molar-refractivity contribution < 1.29 is 18.3 Å². The molecule has 0 atom stereocenters. The minimum atomic E-state index is -0.278. The van der Waals surface area contributed by atoms with Crippen LogP contribution in [0.25, 0.3) is 16.2 Å². The number of nitrogens with zero attached hydrogens (tertiary/aromatic N) is 3. The van der Waals surface area contributed by atoms with Gasteiger partial charge in [0, 0.05) is 47.6 Å². The molecule has 0 fully saturated rings. The quantitative estimate of drug-likeness (QED) is 0.286. The molecule has 0 unspecified atom stereocenters. The van der Waals surface area contributed by atoms with E-state index in [0.29, 0.717) is 36.7 Å². The lowest BCUT2D eigenvalue weighted by Crippen LogP contribution is -2.36. The molecule has 0 saturated carbocycles. The van der Waals surface area contributed by atoms with E-state index in [9.17, 15) is 9.18 Å². The number of hydrogen-bond acceptors (Lipinski definition) is 5. The molecule has 2 amide bonds. The highest BCUT2D eigenvalue weighted by atomic mass is 32.1. The third-order valence-electron chi connectivity index (χ3n) is 5.60. The summed E-state index contributed by atoms with van der Waals surface area (Å²) in [5, 5.41) is 4.99. The van der Waals surface area contributed by atoms with Crippen LogP contribution < -0.4 is 10.1 Å². The molecule has 5 aromatic rings. The van der Waals surface area contributed by atoms with Crippen LogP contribution in [0.3, 0.4) is 0 Å². The van der Waals surface area contributed by atoms with Crippen LogP contribution in [0.15, 0.2) is 82.9 Å². The second-order valence-electron chi connectivity index (χ2n) is 7.93. The Kier molecular flexibility index (Phi) is 6.49. The summed E-state index contributed by atoms with van der Waals surface area (Å²) < 4.78 is 26.1. The molecule has 2 aromatic carbocycles. The summed E-state index contributed by atoms with van der Waals surface area (Å²) in [5.41, 5.74) is 3.31. The van der Waals surface area contributed by atoms with Gasteiger partial charge >= 0.3 is 6.03 Å². The number of rotatable bonds is 8. The number of aromatic nitrogens is 2. The van der Waals surface area contributed by atoms with Gasteiger partial charge in [0.15, 0.2) is 4.96 Å². The first-order valence-electron chi connectivity index (χ1n) is 11.0. The van der Waals surface area contributed by atoms with E-state index in [1.54, 1.807) is 42.5 Å². The van der Waals surface area contributed by atoms with Crippen LogP contribution >= 0.6 is 11.3 Å². The molecule has 178 valence electrons. The summed E-state index contributed by atoms with van der Waals surface area (Å²) in [6.07, 6.45) is 4.16. The number of imidazole rings is 1. The summed E-state index contributed by atoms with van der Waals surface area (Å²) in [4.78, 5) is 20.4. The normalized spacial score (nSPS) is 11.0. The number of ether oxygens (including phenoxy) is 1. The number of halogens is 1. The maximum absolute atomic E-state index is 13.3. The molecule has 0 aliphatic carbocycles. The van der Waals surface area contributed by atoms with Crippen LogP contribution in [-0.4, -0.2) is 34.0 Å². The third-order valence-corrected chi connectivity index (χ3v) is 6.48. The Labute approximate surface area is 205 Å². The zero-order valence-electron chi connectivity index (χ0n) is 19.0. The first-order valence-corrected chi connectivity index (χ1v) is 11.9. The number of furan rings is 1. The van der Waals surface area contributed by atoms with Crippen molar-refractivity contribution in [3.63, 3.8) is 0 Å². The van der Waals surface area contributed by atoms with Gasteiger partial charge in [-0.2, -0.15) is 0 Å². The maximum Gasteiger partial charge on any atom is 0.322 e. The smallest absolute Gasteiger partial charge is 0.322 e. The lowest BCUT2D eigenvalue weighted by molar-refractivity contribution is 0.204. The Hall–Kier alpha value is -4.11. The Morgan fingerprint density at radius 2 is 2.06 bits per heavy atom. The molecule has 3 aromatic heterocycles. The van der Waals surface area contributed by atoms with E-state index in [0.717, 1.165) is 21.9 Å². The van der Waals surface area contributed by atoms with Gasteiger partial charge in [-0.15, -0.1) is 11.3 Å². The Bertz CT molecular complexity index is 1430. The predicted molar refractivity (Wildman–Crippen MR) is 133 cm³/mol. The molecule has 0 spiro atoms. The Morgan fingerprint density at radius 1 is 1.20 bits per heavy atom. The lowest BCUT2D eigenvalue weighted by atomic mass is 10.2. The summed E-state index contributed by atoms with van der Waals surface area (Å²) >= 11 is 1.53. The molecule has 0 aliphatic rings. The number of amides is 2. The molecule has 3 heterocycles.